The third-order valence-corrected chi connectivity index (χ3v) is 5.26. The SMILES string of the molecule is C[C@H](CC(=O)NCCCN(C(=O)c1cc([N+](=O)[O-])cc([N+](=O)[O-])c1)c1ccccc1)CC(C)(C)C. The zero-order chi connectivity index (χ0) is 26.2. The molecule has 0 fully saturated rings. The molecule has 0 aliphatic carbocycles. The number of non-ortho nitro benzene ring substituents is 2. The molecule has 0 spiro atoms. The Balaban J connectivity index is 2.12. The Morgan fingerprint density at radius 3 is 2.09 bits per heavy atom. The van der Waals surface area contributed by atoms with E-state index in [2.05, 4.69) is 26.1 Å². The summed E-state index contributed by atoms with van der Waals surface area (Å²) in [7, 11) is 0. The topological polar surface area (TPSA) is 136 Å². The van der Waals surface area contributed by atoms with Crippen molar-refractivity contribution < 1.29 is 19.4 Å². The van der Waals surface area contributed by atoms with E-state index >= 15 is 0 Å². The lowest BCUT2D eigenvalue weighted by Gasteiger charge is -2.24. The highest BCUT2D eigenvalue weighted by Crippen LogP contribution is 2.27. The first-order chi connectivity index (χ1) is 16.4. The minimum absolute atomic E-state index is 0.0614. The molecule has 0 heterocycles. The Kier molecular flexibility index (Phi) is 9.44. The van der Waals surface area contributed by atoms with Crippen LogP contribution in [0, 0.1) is 31.6 Å². The molecule has 35 heavy (non-hydrogen) atoms. The number of carbonyl (C=O) groups excluding carboxylic acids is 2. The largest absolute Gasteiger partial charge is 0.356 e. The van der Waals surface area contributed by atoms with Crippen LogP contribution in [0.5, 0.6) is 0 Å². The zero-order valence-electron chi connectivity index (χ0n) is 20.5. The molecule has 188 valence electrons. The number of amides is 2. The molecular formula is C25H32N4O6. The van der Waals surface area contributed by atoms with Crippen molar-refractivity contribution in [3.8, 4) is 0 Å². The Bertz CT molecular complexity index is 1030. The predicted molar refractivity (Wildman–Crippen MR) is 133 cm³/mol. The molecule has 2 amide bonds. The third kappa shape index (κ3) is 8.80. The minimum Gasteiger partial charge on any atom is -0.356 e. The highest BCUT2D eigenvalue weighted by Gasteiger charge is 2.24. The molecule has 0 radical (unpaired) electrons. The molecule has 10 heteroatoms. The summed E-state index contributed by atoms with van der Waals surface area (Å²) in [6.45, 7) is 8.98. The number of nitro groups is 2. The van der Waals surface area contributed by atoms with Gasteiger partial charge in [-0.05, 0) is 36.3 Å². The molecule has 2 aromatic rings. The minimum atomic E-state index is -0.771. The van der Waals surface area contributed by atoms with E-state index < -0.39 is 27.1 Å². The van der Waals surface area contributed by atoms with Crippen LogP contribution in [0.2, 0.25) is 0 Å². The van der Waals surface area contributed by atoms with Crippen LogP contribution in [0.4, 0.5) is 17.1 Å². The van der Waals surface area contributed by atoms with Crippen LogP contribution < -0.4 is 10.2 Å². The number of benzene rings is 2. The number of para-hydroxylation sites is 1. The quantitative estimate of drug-likeness (QED) is 0.267. The van der Waals surface area contributed by atoms with Gasteiger partial charge >= 0.3 is 0 Å². The molecule has 0 aliphatic heterocycles. The fourth-order valence-electron chi connectivity index (χ4n) is 4.01. The summed E-state index contributed by atoms with van der Waals surface area (Å²) in [6, 6.07) is 11.6. The number of carbonyl (C=O) groups is 2. The maximum Gasteiger partial charge on any atom is 0.277 e. The number of nitrogens with zero attached hydrogens (tertiary/aromatic N) is 3. The molecular weight excluding hydrogens is 452 g/mol. The normalized spacial score (nSPS) is 12.0. The molecule has 2 rings (SSSR count). The molecule has 0 unspecified atom stereocenters. The van der Waals surface area contributed by atoms with Crippen LogP contribution in [0.3, 0.4) is 0 Å². The van der Waals surface area contributed by atoms with Crippen molar-refractivity contribution in [3.05, 3.63) is 74.3 Å². The lowest BCUT2D eigenvalue weighted by atomic mass is 9.84. The number of rotatable bonds is 11. The summed E-state index contributed by atoms with van der Waals surface area (Å²) in [4.78, 5) is 47.9. The van der Waals surface area contributed by atoms with E-state index in [1.165, 1.54) is 4.90 Å². The van der Waals surface area contributed by atoms with Gasteiger partial charge in [-0.1, -0.05) is 45.9 Å². The van der Waals surface area contributed by atoms with Crippen molar-refractivity contribution in [2.75, 3.05) is 18.0 Å². The van der Waals surface area contributed by atoms with Gasteiger partial charge in [-0.15, -0.1) is 0 Å². The highest BCUT2D eigenvalue weighted by molar-refractivity contribution is 6.06. The maximum atomic E-state index is 13.3. The second kappa shape index (κ2) is 12.0. The van der Waals surface area contributed by atoms with Crippen LogP contribution in [0.15, 0.2) is 48.5 Å². The summed E-state index contributed by atoms with van der Waals surface area (Å²) in [6.07, 6.45) is 1.76. The van der Waals surface area contributed by atoms with E-state index in [-0.39, 0.29) is 29.3 Å². The van der Waals surface area contributed by atoms with E-state index in [0.29, 0.717) is 25.1 Å². The first kappa shape index (κ1) is 27.4. The van der Waals surface area contributed by atoms with Gasteiger partial charge in [-0.3, -0.25) is 29.8 Å². The summed E-state index contributed by atoms with van der Waals surface area (Å²) in [5.74, 6) is -0.427. The summed E-state index contributed by atoms with van der Waals surface area (Å²) >= 11 is 0. The molecule has 0 aliphatic rings. The summed E-state index contributed by atoms with van der Waals surface area (Å²) in [5, 5.41) is 25.3. The van der Waals surface area contributed by atoms with Crippen LogP contribution in [0.25, 0.3) is 0 Å². The Morgan fingerprint density at radius 1 is 1.00 bits per heavy atom. The lowest BCUT2D eigenvalue weighted by Crippen LogP contribution is -2.35. The van der Waals surface area contributed by atoms with Crippen molar-refractivity contribution >= 4 is 28.9 Å². The second-order valence-electron chi connectivity index (χ2n) is 9.82. The van der Waals surface area contributed by atoms with E-state index in [1.807, 2.05) is 6.92 Å². The number of nitrogens with one attached hydrogen (secondary N) is 1. The number of hydrogen-bond acceptors (Lipinski definition) is 6. The first-order valence-electron chi connectivity index (χ1n) is 11.4. The number of nitro benzene ring substituents is 2. The molecule has 10 nitrogen and oxygen atoms in total. The van der Waals surface area contributed by atoms with Gasteiger partial charge in [-0.2, -0.15) is 0 Å². The second-order valence-corrected chi connectivity index (χ2v) is 9.82. The average Bonchev–Trinajstić information content (AvgIpc) is 2.77. The van der Waals surface area contributed by atoms with Crippen molar-refractivity contribution in [1.29, 1.82) is 0 Å². The molecule has 2 aromatic carbocycles. The summed E-state index contributed by atoms with van der Waals surface area (Å²) < 4.78 is 0. The Hall–Kier alpha value is -3.82. The lowest BCUT2D eigenvalue weighted by molar-refractivity contribution is -0.394. The van der Waals surface area contributed by atoms with Crippen molar-refractivity contribution in [3.63, 3.8) is 0 Å². The predicted octanol–water partition coefficient (Wildman–Crippen LogP) is 5.12. The third-order valence-electron chi connectivity index (χ3n) is 5.26. The molecule has 1 N–H and O–H groups in total. The molecule has 0 saturated carbocycles. The zero-order valence-corrected chi connectivity index (χ0v) is 20.5. The Morgan fingerprint density at radius 2 is 1.57 bits per heavy atom. The number of hydrogen-bond donors (Lipinski definition) is 1. The van der Waals surface area contributed by atoms with Crippen molar-refractivity contribution in [2.24, 2.45) is 11.3 Å². The van der Waals surface area contributed by atoms with Gasteiger partial charge in [0.05, 0.1) is 21.5 Å². The van der Waals surface area contributed by atoms with E-state index in [4.69, 9.17) is 0 Å². The van der Waals surface area contributed by atoms with E-state index in [0.717, 1.165) is 24.6 Å². The molecule has 0 aromatic heterocycles. The fraction of sp³-hybridized carbons (Fsp3) is 0.440. The fourth-order valence-corrected chi connectivity index (χ4v) is 4.01. The van der Waals surface area contributed by atoms with Gasteiger partial charge in [0, 0.05) is 37.3 Å². The van der Waals surface area contributed by atoms with Crippen molar-refractivity contribution in [2.45, 2.75) is 47.0 Å². The first-order valence-corrected chi connectivity index (χ1v) is 11.4. The van der Waals surface area contributed by atoms with Crippen LogP contribution in [-0.4, -0.2) is 34.8 Å². The molecule has 0 bridgehead atoms. The van der Waals surface area contributed by atoms with Gasteiger partial charge in [0.1, 0.15) is 0 Å². The number of anilines is 1. The van der Waals surface area contributed by atoms with E-state index in [9.17, 15) is 29.8 Å². The van der Waals surface area contributed by atoms with Crippen LogP contribution in [0.1, 0.15) is 57.3 Å². The summed E-state index contributed by atoms with van der Waals surface area (Å²) in [5.41, 5.74) is -0.552. The smallest absolute Gasteiger partial charge is 0.277 e. The average molecular weight is 485 g/mol. The molecule has 0 saturated heterocycles. The Labute approximate surface area is 204 Å². The monoisotopic (exact) mass is 484 g/mol. The highest BCUT2D eigenvalue weighted by atomic mass is 16.6. The molecule has 1 atom stereocenters. The van der Waals surface area contributed by atoms with E-state index in [1.54, 1.807) is 30.3 Å². The van der Waals surface area contributed by atoms with Crippen molar-refractivity contribution in [1.82, 2.24) is 5.32 Å². The van der Waals surface area contributed by atoms with Gasteiger partial charge in [-0.25, -0.2) is 0 Å². The maximum absolute atomic E-state index is 13.3. The van der Waals surface area contributed by atoms with Gasteiger partial charge in [0.2, 0.25) is 5.91 Å². The van der Waals surface area contributed by atoms with Gasteiger partial charge in [0.15, 0.2) is 0 Å². The van der Waals surface area contributed by atoms with Gasteiger partial charge in [0.25, 0.3) is 17.3 Å². The van der Waals surface area contributed by atoms with Crippen LogP contribution in [-0.2, 0) is 4.79 Å². The van der Waals surface area contributed by atoms with Crippen LogP contribution >= 0.6 is 0 Å². The standard InChI is InChI=1S/C25H32N4O6/c1-18(17-25(2,3)4)13-23(30)26-11-8-12-27(20-9-6-5-7-10-20)24(31)19-14-21(28(32)33)16-22(15-19)29(34)35/h5-7,9-10,14-16,18H,8,11-13,17H2,1-4H3,(H,26,30)/t18-/m1/s1. The van der Waals surface area contributed by atoms with Gasteiger partial charge < -0.3 is 10.2 Å².